The maximum Gasteiger partial charge on any atom is 0.379 e. The van der Waals surface area contributed by atoms with Gasteiger partial charge in [0.1, 0.15) is 0 Å². The lowest BCUT2D eigenvalue weighted by Crippen LogP contribution is -2.31. The molecule has 1 aromatic carbocycles. The Morgan fingerprint density at radius 3 is 2.74 bits per heavy atom. The number of ketones is 1. The van der Waals surface area contributed by atoms with Gasteiger partial charge in [0.25, 0.3) is 5.78 Å². The fraction of sp³-hybridized carbons (Fsp3) is 0.357. The number of benzene rings is 1. The number of esters is 1. The maximum absolute atomic E-state index is 11.8. The number of anilines is 1. The van der Waals surface area contributed by atoms with Gasteiger partial charge in [0.15, 0.2) is 0 Å². The maximum atomic E-state index is 11.8. The first kappa shape index (κ1) is 13.3. The number of aryl methyl sites for hydroxylation is 1. The van der Waals surface area contributed by atoms with E-state index in [1.807, 2.05) is 0 Å². The first-order valence-corrected chi connectivity index (χ1v) is 6.15. The van der Waals surface area contributed by atoms with Gasteiger partial charge in [-0.15, -0.1) is 0 Å². The van der Waals surface area contributed by atoms with Crippen molar-refractivity contribution in [2.24, 2.45) is 0 Å². The summed E-state index contributed by atoms with van der Waals surface area (Å²) in [5, 5.41) is 0. The molecule has 0 unspecified atom stereocenters. The van der Waals surface area contributed by atoms with Gasteiger partial charge in [-0.2, -0.15) is 0 Å². The van der Waals surface area contributed by atoms with Gasteiger partial charge in [-0.3, -0.25) is 9.59 Å². The molecule has 0 bridgehead atoms. The van der Waals surface area contributed by atoms with Crippen molar-refractivity contribution in [3.05, 3.63) is 29.3 Å². The number of ether oxygens (including phenoxy) is 1. The number of carbonyl (C=O) groups is 3. The molecule has 0 aliphatic carbocycles. The zero-order chi connectivity index (χ0) is 14.0. The summed E-state index contributed by atoms with van der Waals surface area (Å²) in [5.74, 6) is -1.54. The van der Waals surface area contributed by atoms with Gasteiger partial charge < -0.3 is 9.64 Å². The number of fused-ring (bicyclic) bond motifs is 1. The van der Waals surface area contributed by atoms with Crippen molar-refractivity contribution in [3.8, 4) is 0 Å². The van der Waals surface area contributed by atoms with Crippen molar-refractivity contribution in [2.45, 2.75) is 19.8 Å². The Hall–Kier alpha value is -2.17. The van der Waals surface area contributed by atoms with Crippen LogP contribution < -0.4 is 4.90 Å². The van der Waals surface area contributed by atoms with Gasteiger partial charge in [0.2, 0.25) is 5.91 Å². The Kier molecular flexibility index (Phi) is 3.64. The number of amides is 1. The van der Waals surface area contributed by atoms with Gasteiger partial charge >= 0.3 is 5.97 Å². The number of nitrogens with zero attached hydrogens (tertiary/aromatic N) is 1. The Labute approximate surface area is 111 Å². The number of rotatable bonds is 3. The van der Waals surface area contributed by atoms with Crippen LogP contribution >= 0.6 is 0 Å². The summed E-state index contributed by atoms with van der Waals surface area (Å²) >= 11 is 0. The highest BCUT2D eigenvalue weighted by molar-refractivity contribution is 6.40. The summed E-state index contributed by atoms with van der Waals surface area (Å²) in [5.41, 5.74) is 1.94. The molecule has 1 amide bonds. The molecule has 0 atom stereocenters. The topological polar surface area (TPSA) is 63.7 Å². The van der Waals surface area contributed by atoms with Crippen LogP contribution in [0.3, 0.4) is 0 Å². The summed E-state index contributed by atoms with van der Waals surface area (Å²) in [4.78, 5) is 36.4. The predicted molar refractivity (Wildman–Crippen MR) is 69.1 cm³/mol. The Morgan fingerprint density at radius 1 is 1.32 bits per heavy atom. The largest absolute Gasteiger partial charge is 0.460 e. The van der Waals surface area contributed by atoms with Gasteiger partial charge in [-0.05, 0) is 25.0 Å². The molecule has 1 aliphatic rings. The smallest absolute Gasteiger partial charge is 0.379 e. The normalized spacial score (nSPS) is 14.0. The van der Waals surface area contributed by atoms with Crippen LogP contribution in [0.4, 0.5) is 5.69 Å². The van der Waals surface area contributed by atoms with Gasteiger partial charge in [-0.1, -0.05) is 12.1 Å². The second kappa shape index (κ2) is 5.22. The fourth-order valence-electron chi connectivity index (χ4n) is 2.09. The van der Waals surface area contributed by atoms with E-state index < -0.39 is 11.8 Å². The van der Waals surface area contributed by atoms with Crippen LogP contribution in [0.25, 0.3) is 0 Å². The summed E-state index contributed by atoms with van der Waals surface area (Å²) in [6.07, 6.45) is 1.13. The quantitative estimate of drug-likeness (QED) is 0.468. The van der Waals surface area contributed by atoms with E-state index in [4.69, 9.17) is 0 Å². The van der Waals surface area contributed by atoms with Crippen molar-refractivity contribution < 1.29 is 19.1 Å². The van der Waals surface area contributed by atoms with Crippen LogP contribution in [0.1, 0.15) is 29.3 Å². The molecule has 1 heterocycles. The Morgan fingerprint density at radius 2 is 2.05 bits per heavy atom. The van der Waals surface area contributed by atoms with Crippen LogP contribution in [-0.4, -0.2) is 31.3 Å². The van der Waals surface area contributed by atoms with Crippen LogP contribution in [0.15, 0.2) is 18.2 Å². The van der Waals surface area contributed by atoms with E-state index in [-0.39, 0.29) is 18.1 Å². The Bertz CT molecular complexity index is 550. The van der Waals surface area contributed by atoms with Crippen LogP contribution in [0, 0.1) is 0 Å². The summed E-state index contributed by atoms with van der Waals surface area (Å²) in [6.45, 7) is 1.80. The van der Waals surface area contributed by atoms with E-state index >= 15 is 0 Å². The van der Waals surface area contributed by atoms with E-state index in [2.05, 4.69) is 4.74 Å². The molecule has 0 spiro atoms. The highest BCUT2D eigenvalue weighted by atomic mass is 16.5. The van der Waals surface area contributed by atoms with Crippen molar-refractivity contribution in [2.75, 3.05) is 18.6 Å². The molecule has 100 valence electrons. The molecular formula is C14H15NO4. The highest BCUT2D eigenvalue weighted by Crippen LogP contribution is 2.27. The van der Waals surface area contributed by atoms with Crippen LogP contribution in [0.5, 0.6) is 0 Å². The lowest BCUT2D eigenvalue weighted by Gasteiger charge is -2.26. The number of carbonyl (C=O) groups excluding carboxylic acids is 3. The standard InChI is InChI=1S/C14H15NO4/c1-3-19-14(18)13(17)10-5-4-9-6-7-12(16)15(2)11(9)8-10/h4-5,8H,3,6-7H2,1-2H3. The molecule has 0 aromatic heterocycles. The third-order valence-corrected chi connectivity index (χ3v) is 3.15. The molecule has 1 aliphatic heterocycles. The van der Waals surface area contributed by atoms with Crippen LogP contribution in [0.2, 0.25) is 0 Å². The zero-order valence-corrected chi connectivity index (χ0v) is 10.9. The third kappa shape index (κ3) is 2.50. The van der Waals surface area contributed by atoms with Crippen LogP contribution in [-0.2, 0) is 20.7 Å². The number of hydrogen-bond acceptors (Lipinski definition) is 4. The Balaban J connectivity index is 2.33. The van der Waals surface area contributed by atoms with Gasteiger partial charge in [0.05, 0.1) is 6.61 Å². The van der Waals surface area contributed by atoms with Gasteiger partial charge in [0, 0.05) is 24.7 Å². The van der Waals surface area contributed by atoms with E-state index in [1.54, 1.807) is 32.2 Å². The zero-order valence-electron chi connectivity index (χ0n) is 10.9. The molecular weight excluding hydrogens is 246 g/mol. The molecule has 1 aromatic rings. The molecule has 2 rings (SSSR count). The molecule has 0 fully saturated rings. The first-order valence-electron chi connectivity index (χ1n) is 6.15. The SMILES string of the molecule is CCOC(=O)C(=O)c1ccc2c(c1)N(C)C(=O)CC2. The lowest BCUT2D eigenvalue weighted by atomic mass is 9.98. The lowest BCUT2D eigenvalue weighted by molar-refractivity contribution is -0.137. The molecule has 5 nitrogen and oxygen atoms in total. The number of Topliss-reactive ketones (excluding diaryl/α,β-unsaturated/α-hetero) is 1. The third-order valence-electron chi connectivity index (χ3n) is 3.15. The van der Waals surface area contributed by atoms with Crippen molar-refractivity contribution in [3.63, 3.8) is 0 Å². The highest BCUT2D eigenvalue weighted by Gasteiger charge is 2.24. The van der Waals surface area contributed by atoms with Crippen molar-refractivity contribution >= 4 is 23.3 Å². The minimum Gasteiger partial charge on any atom is -0.460 e. The minimum absolute atomic E-state index is 0.00762. The average Bonchev–Trinajstić information content (AvgIpc) is 2.42. The summed E-state index contributed by atoms with van der Waals surface area (Å²) in [7, 11) is 1.67. The molecule has 0 saturated heterocycles. The summed E-state index contributed by atoms with van der Waals surface area (Å²) < 4.78 is 4.68. The number of hydrogen-bond donors (Lipinski definition) is 0. The van der Waals surface area contributed by atoms with E-state index in [0.717, 1.165) is 5.56 Å². The van der Waals surface area contributed by atoms with E-state index in [0.29, 0.717) is 18.5 Å². The van der Waals surface area contributed by atoms with E-state index in [9.17, 15) is 14.4 Å². The predicted octanol–water partition coefficient (Wildman–Crippen LogP) is 1.34. The minimum atomic E-state index is -0.868. The molecule has 0 saturated carbocycles. The van der Waals surface area contributed by atoms with E-state index in [1.165, 1.54) is 4.90 Å². The van der Waals surface area contributed by atoms with Gasteiger partial charge in [-0.25, -0.2) is 4.79 Å². The average molecular weight is 261 g/mol. The monoisotopic (exact) mass is 261 g/mol. The second-order valence-electron chi connectivity index (χ2n) is 4.35. The molecule has 5 heteroatoms. The molecule has 0 N–H and O–H groups in total. The van der Waals surface area contributed by atoms with Crippen molar-refractivity contribution in [1.82, 2.24) is 0 Å². The first-order chi connectivity index (χ1) is 9.04. The second-order valence-corrected chi connectivity index (χ2v) is 4.35. The fourth-order valence-corrected chi connectivity index (χ4v) is 2.09. The summed E-state index contributed by atoms with van der Waals surface area (Å²) in [6, 6.07) is 4.96. The molecule has 0 radical (unpaired) electrons. The van der Waals surface area contributed by atoms with Crippen molar-refractivity contribution in [1.29, 1.82) is 0 Å². The molecule has 19 heavy (non-hydrogen) atoms.